The van der Waals surface area contributed by atoms with Gasteiger partial charge in [-0.15, -0.1) is 29.8 Å². The van der Waals surface area contributed by atoms with E-state index in [1.54, 1.807) is 22.8 Å². The normalized spacial score (nSPS) is 12.0. The number of imidazole rings is 1. The number of para-hydroxylation sites is 1. The maximum Gasteiger partial charge on any atom is 0.431 e. The van der Waals surface area contributed by atoms with Gasteiger partial charge >= 0.3 is 6.18 Å². The average molecular weight is 673 g/mol. The second-order valence-electron chi connectivity index (χ2n) is 7.40. The molecule has 0 saturated carbocycles. The molecule has 5 aromatic rings. The summed E-state index contributed by atoms with van der Waals surface area (Å²) in [7, 11) is 0. The van der Waals surface area contributed by atoms with Crippen molar-refractivity contribution < 1.29 is 41.8 Å². The summed E-state index contributed by atoms with van der Waals surface area (Å²) < 4.78 is 75.1. The Morgan fingerprint density at radius 1 is 1.03 bits per heavy atom. The van der Waals surface area contributed by atoms with Crippen molar-refractivity contribution in [1.82, 2.24) is 24.7 Å². The van der Waals surface area contributed by atoms with Gasteiger partial charge in [0.1, 0.15) is 5.69 Å². The van der Waals surface area contributed by atoms with E-state index in [1.165, 1.54) is 12.3 Å². The van der Waals surface area contributed by atoms with E-state index in [2.05, 4.69) is 26.2 Å². The van der Waals surface area contributed by atoms with Gasteiger partial charge < -0.3 is 14.8 Å². The molecule has 0 aliphatic heterocycles. The number of nitrogens with zero attached hydrogens (tertiary/aromatic N) is 5. The Labute approximate surface area is 222 Å². The molecule has 36 heavy (non-hydrogen) atoms. The molecular weight excluding hydrogens is 651 g/mol. The van der Waals surface area contributed by atoms with Gasteiger partial charge in [-0.2, -0.15) is 13.2 Å². The van der Waals surface area contributed by atoms with Crippen LogP contribution in [0.25, 0.3) is 28.5 Å². The van der Waals surface area contributed by atoms with Crippen LogP contribution < -0.4 is 5.10 Å². The zero-order valence-corrected chi connectivity index (χ0v) is 21.2. The molecule has 5 nitrogen and oxygen atoms in total. The van der Waals surface area contributed by atoms with E-state index in [9.17, 15) is 17.6 Å². The smallest absolute Gasteiger partial charge is 0.431 e. The van der Waals surface area contributed by atoms with Gasteiger partial charge in [-0.3, -0.25) is 14.4 Å². The van der Waals surface area contributed by atoms with Gasteiger partial charge in [0.2, 0.25) is 0 Å². The average Bonchev–Trinajstić information content (AvgIpc) is 3.48. The van der Waals surface area contributed by atoms with E-state index in [1.807, 2.05) is 32.0 Å². The van der Waals surface area contributed by atoms with Crippen LogP contribution in [0.3, 0.4) is 0 Å². The number of halogens is 4. The first-order chi connectivity index (χ1) is 18.0. The van der Waals surface area contributed by atoms with E-state index in [0.29, 0.717) is 17.1 Å². The van der Waals surface area contributed by atoms with Crippen molar-refractivity contribution in [3.05, 3.63) is 108 Å². The molecule has 10 heteroatoms. The van der Waals surface area contributed by atoms with Crippen LogP contribution in [0.1, 0.15) is 20.9 Å². The molecular formula is C26H19F4IrN5-2. The molecule has 187 valence electrons. The quantitative estimate of drug-likeness (QED) is 0.169. The van der Waals surface area contributed by atoms with Crippen molar-refractivity contribution >= 4 is 0 Å². The molecule has 0 aliphatic carbocycles. The van der Waals surface area contributed by atoms with Crippen LogP contribution >= 0.6 is 0 Å². The van der Waals surface area contributed by atoms with Crippen molar-refractivity contribution in [2.75, 3.05) is 0 Å². The van der Waals surface area contributed by atoms with Crippen LogP contribution in [0.4, 0.5) is 17.6 Å². The first-order valence-electron chi connectivity index (χ1n) is 11.8. The molecule has 3 heterocycles. The third kappa shape index (κ3) is 6.13. The molecule has 0 bridgehead atoms. The SMILES string of the molecule is FC(F)(F)c1cc(-c2ccccn2)[n-]n1.[2H]c1cc(-c2nc([2H])c([2H])n2-c2c(C)cccc2C)[c-]cc1F.[Ir]. The minimum absolute atomic E-state index is 0. The predicted octanol–water partition coefficient (Wildman–Crippen LogP) is 6.21. The predicted molar refractivity (Wildman–Crippen MR) is 123 cm³/mol. The van der Waals surface area contributed by atoms with Crippen LogP contribution in [0, 0.1) is 25.7 Å². The van der Waals surface area contributed by atoms with E-state index in [4.69, 9.17) is 4.11 Å². The summed E-state index contributed by atoms with van der Waals surface area (Å²) in [6.07, 6.45) is -3.20. The van der Waals surface area contributed by atoms with Crippen molar-refractivity contribution in [3.8, 4) is 28.5 Å². The Morgan fingerprint density at radius 3 is 2.39 bits per heavy atom. The zero-order valence-electron chi connectivity index (χ0n) is 21.9. The van der Waals surface area contributed by atoms with Crippen LogP contribution in [-0.4, -0.2) is 19.6 Å². The molecule has 0 fully saturated rings. The fourth-order valence-electron chi connectivity index (χ4n) is 3.30. The molecule has 0 atom stereocenters. The molecule has 0 spiro atoms. The number of aryl methyl sites for hydroxylation is 2. The van der Waals surface area contributed by atoms with Gasteiger partial charge in [0.25, 0.3) is 0 Å². The molecule has 0 N–H and O–H groups in total. The molecule has 5 rings (SSSR count). The topological polar surface area (TPSA) is 57.7 Å². The number of benzene rings is 2. The largest absolute Gasteiger partial charge is 0.573 e. The van der Waals surface area contributed by atoms with Gasteiger partial charge in [0.15, 0.2) is 0 Å². The summed E-state index contributed by atoms with van der Waals surface area (Å²) in [5.74, 6) is -0.359. The van der Waals surface area contributed by atoms with Gasteiger partial charge in [-0.05, 0) is 43.2 Å². The first-order valence-corrected chi connectivity index (χ1v) is 10.3. The second kappa shape index (κ2) is 11.4. The maximum absolute atomic E-state index is 13.3. The molecule has 3 aromatic heterocycles. The van der Waals surface area contributed by atoms with Crippen molar-refractivity contribution in [2.45, 2.75) is 20.0 Å². The Kier molecular flexibility index (Phi) is 7.23. The second-order valence-corrected chi connectivity index (χ2v) is 7.40. The summed E-state index contributed by atoms with van der Waals surface area (Å²) >= 11 is 0. The summed E-state index contributed by atoms with van der Waals surface area (Å²) in [6.45, 7) is 3.83. The van der Waals surface area contributed by atoms with Gasteiger partial charge in [-0.25, -0.2) is 0 Å². The summed E-state index contributed by atoms with van der Waals surface area (Å²) in [5, 5.41) is 6.47. The monoisotopic (exact) mass is 673 g/mol. The van der Waals surface area contributed by atoms with Crippen LogP contribution in [0.5, 0.6) is 0 Å². The third-order valence-corrected chi connectivity index (χ3v) is 4.90. The summed E-state index contributed by atoms with van der Waals surface area (Å²) in [4.78, 5) is 7.99. The van der Waals surface area contributed by atoms with Gasteiger partial charge in [0, 0.05) is 57.2 Å². The molecule has 0 aliphatic rings. The summed E-state index contributed by atoms with van der Waals surface area (Å²) in [6, 6.07) is 16.4. The van der Waals surface area contributed by atoms with Crippen LogP contribution in [-0.2, 0) is 26.3 Å². The Morgan fingerprint density at radius 2 is 1.78 bits per heavy atom. The minimum atomic E-state index is -4.46. The van der Waals surface area contributed by atoms with E-state index < -0.39 is 17.7 Å². The number of hydrogen-bond acceptors (Lipinski definition) is 3. The first kappa shape index (κ1) is 22.8. The number of alkyl halides is 3. The zero-order chi connectivity index (χ0) is 27.6. The Balaban J connectivity index is 0.000000228. The Bertz CT molecular complexity index is 1570. The van der Waals surface area contributed by atoms with Gasteiger partial charge in [-0.1, -0.05) is 30.0 Å². The number of rotatable bonds is 3. The molecule has 1 radical (unpaired) electrons. The van der Waals surface area contributed by atoms with Gasteiger partial charge in [0.05, 0.1) is 8.57 Å². The van der Waals surface area contributed by atoms with Crippen molar-refractivity contribution in [1.29, 1.82) is 0 Å². The van der Waals surface area contributed by atoms with Crippen LogP contribution in [0.2, 0.25) is 0 Å². The molecule has 0 unspecified atom stereocenters. The molecule has 0 amide bonds. The van der Waals surface area contributed by atoms with Crippen molar-refractivity contribution in [3.63, 3.8) is 0 Å². The minimum Gasteiger partial charge on any atom is -0.573 e. The number of hydrogen-bond donors (Lipinski definition) is 0. The van der Waals surface area contributed by atoms with E-state index in [0.717, 1.165) is 28.9 Å². The Hall–Kier alpha value is -3.62. The molecule has 0 saturated heterocycles. The summed E-state index contributed by atoms with van der Waals surface area (Å²) in [5.41, 5.74) is 2.52. The fraction of sp³-hybridized carbons (Fsp3) is 0.115. The molecule has 2 aromatic carbocycles. The van der Waals surface area contributed by atoms with E-state index >= 15 is 0 Å². The number of pyridine rings is 1. The number of aromatic nitrogens is 5. The van der Waals surface area contributed by atoms with Crippen molar-refractivity contribution in [2.24, 2.45) is 0 Å². The standard InChI is InChI=1S/C17H14FN2.C9H5F3N3.Ir/c1-12-4-3-5-13(2)16(12)20-11-10-19-17(20)14-6-8-15(18)9-7-14;10-9(11,12)8-5-7(14-15-8)6-3-1-2-4-13-6;/h3-6,8-11H,1-2H3;1-5H;/q2*-1;/i8D,10D,11D;;. The maximum atomic E-state index is 13.3. The van der Waals surface area contributed by atoms with E-state index in [-0.39, 0.29) is 44.2 Å². The van der Waals surface area contributed by atoms with Crippen LogP contribution in [0.15, 0.2) is 79.2 Å². The third-order valence-electron chi connectivity index (χ3n) is 4.90. The fourth-order valence-corrected chi connectivity index (χ4v) is 3.30.